The fourth-order valence-corrected chi connectivity index (χ4v) is 4.40. The lowest BCUT2D eigenvalue weighted by Crippen LogP contribution is -2.43. The summed E-state index contributed by atoms with van der Waals surface area (Å²) < 4.78 is 40.8. The quantitative estimate of drug-likeness (QED) is 0.381. The van der Waals surface area contributed by atoms with Crippen molar-refractivity contribution in [1.82, 2.24) is 19.9 Å². The standard InChI is InChI=1S/C27H25F3N4/c1-26(13-11-20-16-31-17-20,15-19-5-3-2-4-6-19)24-12-14-32-25-23(18-33-34(24)25)21-7-9-22(10-8-21)27(28,29)30/h2-10,12-15,18,20,31H,11,16-17H2,1H3. The van der Waals surface area contributed by atoms with Crippen molar-refractivity contribution in [3.05, 3.63) is 103 Å². The van der Waals surface area contributed by atoms with Crippen LogP contribution in [-0.4, -0.2) is 27.7 Å². The van der Waals surface area contributed by atoms with E-state index in [-0.39, 0.29) is 0 Å². The SMILES string of the molecule is CC([CH]CC1CNC1)([CH]c1ccccc1)c1ccnc2c(-c3ccc(C(F)(F)F)cc3)cnn12. The minimum atomic E-state index is -4.37. The van der Waals surface area contributed by atoms with E-state index in [2.05, 4.69) is 47.3 Å². The van der Waals surface area contributed by atoms with Crippen LogP contribution in [0.25, 0.3) is 16.8 Å². The molecule has 4 aromatic rings. The molecule has 3 heterocycles. The van der Waals surface area contributed by atoms with Crippen LogP contribution in [0.1, 0.15) is 30.2 Å². The predicted octanol–water partition coefficient (Wildman–Crippen LogP) is 5.74. The first-order valence-corrected chi connectivity index (χ1v) is 11.3. The zero-order chi connectivity index (χ0) is 23.8. The summed E-state index contributed by atoms with van der Waals surface area (Å²) in [5.74, 6) is 0.612. The Bertz CT molecular complexity index is 1260. The second kappa shape index (κ2) is 8.87. The summed E-state index contributed by atoms with van der Waals surface area (Å²) in [7, 11) is 0. The molecule has 2 radical (unpaired) electrons. The third kappa shape index (κ3) is 4.44. The molecule has 0 amide bonds. The highest BCUT2D eigenvalue weighted by atomic mass is 19.4. The van der Waals surface area contributed by atoms with Crippen LogP contribution in [0.15, 0.2) is 73.1 Å². The molecule has 1 fully saturated rings. The molecule has 7 heteroatoms. The molecule has 174 valence electrons. The highest BCUT2D eigenvalue weighted by molar-refractivity contribution is 5.77. The highest BCUT2D eigenvalue weighted by Crippen LogP contribution is 2.37. The molecule has 1 atom stereocenters. The first-order chi connectivity index (χ1) is 16.3. The van der Waals surface area contributed by atoms with Gasteiger partial charge in [0.2, 0.25) is 0 Å². The second-order valence-corrected chi connectivity index (χ2v) is 9.00. The van der Waals surface area contributed by atoms with Gasteiger partial charge in [-0.15, -0.1) is 0 Å². The zero-order valence-corrected chi connectivity index (χ0v) is 18.8. The van der Waals surface area contributed by atoms with Gasteiger partial charge in [0.05, 0.1) is 17.5 Å². The van der Waals surface area contributed by atoms with Crippen LogP contribution >= 0.6 is 0 Å². The molecule has 1 unspecified atom stereocenters. The number of rotatable bonds is 7. The normalized spacial score (nSPS) is 16.4. The van der Waals surface area contributed by atoms with Crippen molar-refractivity contribution in [2.75, 3.05) is 13.1 Å². The van der Waals surface area contributed by atoms with E-state index in [0.29, 0.717) is 22.7 Å². The van der Waals surface area contributed by atoms with Gasteiger partial charge in [-0.25, -0.2) is 9.50 Å². The molecule has 0 spiro atoms. The first-order valence-electron chi connectivity index (χ1n) is 11.3. The van der Waals surface area contributed by atoms with Crippen LogP contribution in [-0.2, 0) is 11.6 Å². The average molecular weight is 463 g/mol. The molecule has 0 bridgehead atoms. The Morgan fingerprint density at radius 3 is 2.41 bits per heavy atom. The lowest BCUT2D eigenvalue weighted by molar-refractivity contribution is -0.137. The Balaban J connectivity index is 1.53. The number of aromatic nitrogens is 3. The molecule has 4 nitrogen and oxygen atoms in total. The van der Waals surface area contributed by atoms with Crippen molar-refractivity contribution >= 4 is 5.65 Å². The topological polar surface area (TPSA) is 42.2 Å². The van der Waals surface area contributed by atoms with Gasteiger partial charge in [0.15, 0.2) is 5.65 Å². The van der Waals surface area contributed by atoms with Crippen molar-refractivity contribution in [3.63, 3.8) is 0 Å². The Labute approximate surface area is 196 Å². The van der Waals surface area contributed by atoms with Gasteiger partial charge in [0, 0.05) is 23.6 Å². The fraction of sp³-hybridized carbons (Fsp3) is 0.259. The Kier molecular flexibility index (Phi) is 5.90. The minimum absolute atomic E-state index is 0.429. The third-order valence-electron chi connectivity index (χ3n) is 6.48. The molecule has 5 rings (SSSR count). The van der Waals surface area contributed by atoms with E-state index in [1.165, 1.54) is 12.1 Å². The zero-order valence-electron chi connectivity index (χ0n) is 18.8. The molecular formula is C27H25F3N4. The van der Waals surface area contributed by atoms with E-state index in [0.717, 1.165) is 42.9 Å². The van der Waals surface area contributed by atoms with Crippen molar-refractivity contribution in [1.29, 1.82) is 0 Å². The van der Waals surface area contributed by atoms with Gasteiger partial charge in [-0.1, -0.05) is 49.4 Å². The van der Waals surface area contributed by atoms with Gasteiger partial charge in [0.1, 0.15) is 0 Å². The predicted molar refractivity (Wildman–Crippen MR) is 126 cm³/mol. The summed E-state index contributed by atoms with van der Waals surface area (Å²) >= 11 is 0. The monoisotopic (exact) mass is 462 g/mol. The first kappa shape index (κ1) is 22.6. The summed E-state index contributed by atoms with van der Waals surface area (Å²) in [6.07, 6.45) is 4.58. The minimum Gasteiger partial charge on any atom is -0.316 e. The van der Waals surface area contributed by atoms with Gasteiger partial charge in [-0.3, -0.25) is 0 Å². The van der Waals surface area contributed by atoms with E-state index in [1.807, 2.05) is 28.8 Å². The average Bonchev–Trinajstić information content (AvgIpc) is 3.22. The van der Waals surface area contributed by atoms with Crippen LogP contribution in [0.5, 0.6) is 0 Å². The molecule has 1 aliphatic heterocycles. The van der Waals surface area contributed by atoms with E-state index in [1.54, 1.807) is 12.4 Å². The molecule has 0 aliphatic carbocycles. The largest absolute Gasteiger partial charge is 0.416 e. The fourth-order valence-electron chi connectivity index (χ4n) is 4.40. The molecule has 34 heavy (non-hydrogen) atoms. The number of hydrogen-bond acceptors (Lipinski definition) is 3. The molecule has 2 aromatic heterocycles. The van der Waals surface area contributed by atoms with Crippen molar-refractivity contribution in [2.24, 2.45) is 5.92 Å². The van der Waals surface area contributed by atoms with E-state index in [4.69, 9.17) is 0 Å². The molecule has 1 saturated heterocycles. The van der Waals surface area contributed by atoms with Gasteiger partial charge in [-0.2, -0.15) is 18.3 Å². The summed E-state index contributed by atoms with van der Waals surface area (Å²) in [6, 6.07) is 17.3. The summed E-state index contributed by atoms with van der Waals surface area (Å²) in [5, 5.41) is 7.94. The maximum Gasteiger partial charge on any atom is 0.416 e. The van der Waals surface area contributed by atoms with E-state index in [9.17, 15) is 13.2 Å². The summed E-state index contributed by atoms with van der Waals surface area (Å²) in [5.41, 5.74) is 2.91. The van der Waals surface area contributed by atoms with Gasteiger partial charge in [-0.05, 0) is 61.2 Å². The number of hydrogen-bond donors (Lipinski definition) is 1. The Hall–Kier alpha value is -3.19. The van der Waals surface area contributed by atoms with E-state index < -0.39 is 17.2 Å². The van der Waals surface area contributed by atoms with Crippen molar-refractivity contribution < 1.29 is 13.2 Å². The Morgan fingerprint density at radius 2 is 1.76 bits per heavy atom. The van der Waals surface area contributed by atoms with Crippen LogP contribution in [0.3, 0.4) is 0 Å². The number of nitrogens with one attached hydrogen (secondary N) is 1. The van der Waals surface area contributed by atoms with Gasteiger partial charge >= 0.3 is 6.18 Å². The number of fused-ring (bicyclic) bond motifs is 1. The number of nitrogens with zero attached hydrogens (tertiary/aromatic N) is 3. The summed E-state index contributed by atoms with van der Waals surface area (Å²) in [4.78, 5) is 4.53. The van der Waals surface area contributed by atoms with Crippen molar-refractivity contribution in [2.45, 2.75) is 24.9 Å². The third-order valence-corrected chi connectivity index (χ3v) is 6.48. The molecule has 0 saturated carbocycles. The van der Waals surface area contributed by atoms with Gasteiger partial charge in [0.25, 0.3) is 0 Å². The van der Waals surface area contributed by atoms with E-state index >= 15 is 0 Å². The Morgan fingerprint density at radius 1 is 1.03 bits per heavy atom. The number of benzene rings is 2. The lowest BCUT2D eigenvalue weighted by Gasteiger charge is -2.34. The van der Waals surface area contributed by atoms with Crippen LogP contribution in [0, 0.1) is 18.8 Å². The van der Waals surface area contributed by atoms with Gasteiger partial charge < -0.3 is 5.32 Å². The number of alkyl halides is 3. The maximum atomic E-state index is 13.0. The molecular weight excluding hydrogens is 437 g/mol. The van der Waals surface area contributed by atoms with Crippen LogP contribution < -0.4 is 5.32 Å². The molecule has 1 N–H and O–H groups in total. The van der Waals surface area contributed by atoms with Crippen LogP contribution in [0.4, 0.5) is 13.2 Å². The molecule has 1 aliphatic rings. The van der Waals surface area contributed by atoms with Crippen molar-refractivity contribution in [3.8, 4) is 11.1 Å². The second-order valence-electron chi connectivity index (χ2n) is 9.00. The molecule has 2 aromatic carbocycles. The smallest absolute Gasteiger partial charge is 0.316 e. The highest BCUT2D eigenvalue weighted by Gasteiger charge is 2.33. The maximum absolute atomic E-state index is 13.0. The lowest BCUT2D eigenvalue weighted by atomic mass is 9.74. The van der Waals surface area contributed by atoms with Crippen LogP contribution in [0.2, 0.25) is 0 Å². The number of halogens is 3. The summed E-state index contributed by atoms with van der Waals surface area (Å²) in [6.45, 7) is 4.20.